The largest absolute Gasteiger partial charge is 0.522 e. The number of alkyl halides is 3. The van der Waals surface area contributed by atoms with Gasteiger partial charge < -0.3 is 9.30 Å². The van der Waals surface area contributed by atoms with Crippen molar-refractivity contribution < 1.29 is 22.6 Å². The average Bonchev–Trinajstić information content (AvgIpc) is 3.06. The van der Waals surface area contributed by atoms with E-state index in [0.717, 1.165) is 23.0 Å². The third-order valence-electron chi connectivity index (χ3n) is 4.16. The fourth-order valence-corrected chi connectivity index (χ4v) is 2.92. The summed E-state index contributed by atoms with van der Waals surface area (Å²) in [5.41, 5.74) is 4.02. The molecule has 0 saturated carbocycles. The summed E-state index contributed by atoms with van der Waals surface area (Å²) in [4.78, 5) is 4.75. The van der Waals surface area contributed by atoms with E-state index in [-0.39, 0.29) is 0 Å². The monoisotopic (exact) mass is 454 g/mol. The fourth-order valence-electron chi connectivity index (χ4n) is 2.92. The van der Waals surface area contributed by atoms with Crippen LogP contribution >= 0.6 is 0 Å². The van der Waals surface area contributed by atoms with Gasteiger partial charge in [0.2, 0.25) is 0 Å². The molecule has 4 nitrogen and oxygen atoms in total. The molecule has 7 heteroatoms. The molecule has 2 heterocycles. The smallest absolute Gasteiger partial charge is 0.496 e. The highest BCUT2D eigenvalue weighted by molar-refractivity contribution is 5.86. The molecule has 0 aromatic carbocycles. The molecule has 0 saturated heterocycles. The van der Waals surface area contributed by atoms with Gasteiger partial charge in [-0.15, -0.1) is 13.2 Å². The molecule has 0 unspecified atom stereocenters. The summed E-state index contributed by atoms with van der Waals surface area (Å²) in [6.07, 6.45) is 3.77. The molecule has 0 bridgehead atoms. The number of ether oxygens (including phenoxy) is 2. The standard InChI is InChI=1S/C20H23F3N2O2.C3H8.C2H6/c1-6-14-12-25(4)19-16(14)11-13(3)18(24-19)15(17(7-2)26-5)9-8-10-27-20(21,22)23;1-3-2;1-2/h7-9,11-12H,2,6,10H2,1,3-5H3;3H2,1-2H3;1-2H3/b9-8-,17-15-;;. The zero-order chi connectivity index (χ0) is 24.9. The second-order valence-corrected chi connectivity index (χ2v) is 6.70. The van der Waals surface area contributed by atoms with Gasteiger partial charge in [-0.1, -0.05) is 59.8 Å². The molecule has 2 aromatic rings. The van der Waals surface area contributed by atoms with Crippen LogP contribution in [-0.2, 0) is 22.9 Å². The maximum absolute atomic E-state index is 12.2. The Morgan fingerprint density at radius 2 is 1.81 bits per heavy atom. The Bertz CT molecular complexity index is 910. The van der Waals surface area contributed by atoms with Crippen molar-refractivity contribution in [3.8, 4) is 0 Å². The minimum Gasteiger partial charge on any atom is -0.496 e. The Labute approximate surface area is 190 Å². The minimum absolute atomic E-state index is 0.415. The van der Waals surface area contributed by atoms with Gasteiger partial charge in [-0.2, -0.15) is 0 Å². The highest BCUT2D eigenvalue weighted by Crippen LogP contribution is 2.29. The summed E-state index contributed by atoms with van der Waals surface area (Å²) in [6.45, 7) is 15.3. The first-order chi connectivity index (χ1) is 15.1. The Hall–Kier alpha value is -2.54. The van der Waals surface area contributed by atoms with E-state index in [0.29, 0.717) is 17.0 Å². The number of allylic oxidation sites excluding steroid dienone is 3. The summed E-state index contributed by atoms with van der Waals surface area (Å²) in [6, 6.07) is 2.03. The van der Waals surface area contributed by atoms with Gasteiger partial charge in [0.1, 0.15) is 11.4 Å². The van der Waals surface area contributed by atoms with E-state index in [1.165, 1.54) is 37.3 Å². The Balaban J connectivity index is 0.00000177. The van der Waals surface area contributed by atoms with E-state index < -0.39 is 13.0 Å². The molecule has 0 atom stereocenters. The first kappa shape index (κ1) is 29.5. The molecule has 0 fully saturated rings. The van der Waals surface area contributed by atoms with Crippen LogP contribution in [0.1, 0.15) is 57.9 Å². The number of fused-ring (bicyclic) bond motifs is 1. The molecule has 0 spiro atoms. The van der Waals surface area contributed by atoms with E-state index in [2.05, 4.69) is 32.1 Å². The van der Waals surface area contributed by atoms with Gasteiger partial charge in [-0.25, -0.2) is 4.98 Å². The van der Waals surface area contributed by atoms with E-state index in [9.17, 15) is 13.2 Å². The van der Waals surface area contributed by atoms with Crippen LogP contribution in [0, 0.1) is 6.92 Å². The highest BCUT2D eigenvalue weighted by Gasteiger charge is 2.28. The lowest BCUT2D eigenvalue weighted by atomic mass is 10.0. The third-order valence-corrected chi connectivity index (χ3v) is 4.16. The number of pyridine rings is 1. The maximum atomic E-state index is 12.2. The second kappa shape index (κ2) is 14.5. The summed E-state index contributed by atoms with van der Waals surface area (Å²) >= 11 is 0. The number of hydrogen-bond acceptors (Lipinski definition) is 3. The molecule has 0 aliphatic rings. The number of methoxy groups -OCH3 is 1. The van der Waals surface area contributed by atoms with Gasteiger partial charge in [0, 0.05) is 24.2 Å². The van der Waals surface area contributed by atoms with E-state index in [1.54, 1.807) is 0 Å². The Morgan fingerprint density at radius 3 is 2.28 bits per heavy atom. The summed E-state index contributed by atoms with van der Waals surface area (Å²) in [5.74, 6) is 0.415. The van der Waals surface area contributed by atoms with Crippen molar-refractivity contribution >= 4 is 16.6 Å². The van der Waals surface area contributed by atoms with Gasteiger partial charge in [0.25, 0.3) is 0 Å². The van der Waals surface area contributed by atoms with Crippen molar-refractivity contribution in [2.75, 3.05) is 13.7 Å². The predicted octanol–water partition coefficient (Wildman–Crippen LogP) is 7.52. The molecule has 0 radical (unpaired) electrons. The molecule has 0 amide bonds. The number of aryl methyl sites for hydroxylation is 3. The SMILES string of the molecule is C=C/C(OC)=C(\C=C/COC(F)(F)F)c1nc2c(cc1C)c(CC)cn2C.CC.CCC. The van der Waals surface area contributed by atoms with E-state index in [1.807, 2.05) is 44.6 Å². The van der Waals surface area contributed by atoms with Gasteiger partial charge >= 0.3 is 6.36 Å². The molecule has 0 aliphatic carbocycles. The summed E-state index contributed by atoms with van der Waals surface area (Å²) in [5, 5.41) is 1.06. The second-order valence-electron chi connectivity index (χ2n) is 6.70. The zero-order valence-electron chi connectivity index (χ0n) is 20.6. The lowest BCUT2D eigenvalue weighted by Crippen LogP contribution is -2.13. The molecular weight excluding hydrogens is 417 g/mol. The topological polar surface area (TPSA) is 36.3 Å². The van der Waals surface area contributed by atoms with Crippen LogP contribution in [0.4, 0.5) is 13.2 Å². The van der Waals surface area contributed by atoms with Crippen LogP contribution in [0.2, 0.25) is 0 Å². The molecule has 2 rings (SSSR count). The Kier molecular flexibility index (Phi) is 13.4. The number of nitrogens with zero attached hydrogens (tertiary/aromatic N) is 2. The van der Waals surface area contributed by atoms with Crippen molar-refractivity contribution in [2.24, 2.45) is 7.05 Å². The zero-order valence-corrected chi connectivity index (χ0v) is 20.6. The molecule has 32 heavy (non-hydrogen) atoms. The van der Waals surface area contributed by atoms with Crippen molar-refractivity contribution in [1.29, 1.82) is 0 Å². The predicted molar refractivity (Wildman–Crippen MR) is 127 cm³/mol. The van der Waals surface area contributed by atoms with Crippen molar-refractivity contribution in [2.45, 2.75) is 60.7 Å². The van der Waals surface area contributed by atoms with Crippen LogP contribution < -0.4 is 0 Å². The van der Waals surface area contributed by atoms with Crippen LogP contribution in [0.3, 0.4) is 0 Å². The van der Waals surface area contributed by atoms with Gasteiger partial charge in [0.15, 0.2) is 0 Å². The number of halogens is 3. The fraction of sp³-hybridized carbons (Fsp3) is 0.480. The van der Waals surface area contributed by atoms with Crippen molar-refractivity contribution in [1.82, 2.24) is 9.55 Å². The van der Waals surface area contributed by atoms with Crippen LogP contribution in [0.5, 0.6) is 0 Å². The molecule has 0 N–H and O–H groups in total. The Morgan fingerprint density at radius 1 is 1.22 bits per heavy atom. The van der Waals surface area contributed by atoms with Gasteiger partial charge in [0.05, 0.1) is 19.4 Å². The normalized spacial score (nSPS) is 12.0. The van der Waals surface area contributed by atoms with Crippen molar-refractivity contribution in [3.63, 3.8) is 0 Å². The van der Waals surface area contributed by atoms with Gasteiger partial charge in [-0.05, 0) is 36.6 Å². The lowest BCUT2D eigenvalue weighted by Gasteiger charge is -2.12. The number of hydrogen-bond donors (Lipinski definition) is 0. The lowest BCUT2D eigenvalue weighted by molar-refractivity contribution is -0.319. The van der Waals surface area contributed by atoms with Crippen molar-refractivity contribution in [3.05, 3.63) is 59.7 Å². The number of aromatic nitrogens is 2. The molecule has 2 aromatic heterocycles. The molecule has 0 aliphatic heterocycles. The third kappa shape index (κ3) is 8.54. The summed E-state index contributed by atoms with van der Waals surface area (Å²) in [7, 11) is 3.39. The molecule has 180 valence electrons. The van der Waals surface area contributed by atoms with Crippen LogP contribution in [0.25, 0.3) is 16.6 Å². The minimum atomic E-state index is -4.68. The van der Waals surface area contributed by atoms with E-state index in [4.69, 9.17) is 9.72 Å². The average molecular weight is 455 g/mol. The maximum Gasteiger partial charge on any atom is 0.522 e. The van der Waals surface area contributed by atoms with E-state index >= 15 is 0 Å². The first-order valence-corrected chi connectivity index (χ1v) is 10.9. The van der Waals surface area contributed by atoms with Crippen LogP contribution in [0.15, 0.2) is 42.8 Å². The number of rotatable bonds is 7. The first-order valence-electron chi connectivity index (χ1n) is 10.9. The summed E-state index contributed by atoms with van der Waals surface area (Å²) < 4.78 is 47.6. The van der Waals surface area contributed by atoms with Crippen LogP contribution in [-0.4, -0.2) is 29.6 Å². The molecular formula is C25H37F3N2O2. The quantitative estimate of drug-likeness (QED) is 0.321. The highest BCUT2D eigenvalue weighted by atomic mass is 19.4. The van der Waals surface area contributed by atoms with Gasteiger partial charge in [-0.3, -0.25) is 4.74 Å².